The number of nitrogens with zero attached hydrogens (tertiary/aromatic N) is 1. The Morgan fingerprint density at radius 3 is 2.62 bits per heavy atom. The van der Waals surface area contributed by atoms with Crippen molar-refractivity contribution in [1.82, 2.24) is 10.2 Å². The van der Waals surface area contributed by atoms with Crippen molar-refractivity contribution in [3.05, 3.63) is 35.9 Å². The molecule has 0 spiro atoms. The van der Waals surface area contributed by atoms with Crippen LogP contribution in [0.25, 0.3) is 0 Å². The van der Waals surface area contributed by atoms with E-state index in [-0.39, 0.29) is 0 Å². The zero-order valence-corrected chi connectivity index (χ0v) is 7.73. The van der Waals surface area contributed by atoms with Gasteiger partial charge >= 0.3 is 0 Å². The van der Waals surface area contributed by atoms with Crippen molar-refractivity contribution in [2.45, 2.75) is 6.54 Å². The topological polar surface area (TPSA) is 32.3 Å². The van der Waals surface area contributed by atoms with Gasteiger partial charge < -0.3 is 10.2 Å². The lowest BCUT2D eigenvalue weighted by molar-refractivity contribution is -0.118. The van der Waals surface area contributed by atoms with Crippen LogP contribution >= 0.6 is 0 Å². The Balaban J connectivity index is 2.51. The molecule has 0 unspecified atom stereocenters. The molecule has 0 bridgehead atoms. The molecular formula is C10H14N2O. The Morgan fingerprint density at radius 2 is 2.08 bits per heavy atom. The summed E-state index contributed by atoms with van der Waals surface area (Å²) in [5, 5.41) is 2.93. The Bertz CT molecular complexity index is 248. The number of hydrogen-bond acceptors (Lipinski definition) is 2. The molecule has 0 aromatic heterocycles. The summed E-state index contributed by atoms with van der Waals surface area (Å²) >= 11 is 0. The van der Waals surface area contributed by atoms with Gasteiger partial charge in [0.2, 0.25) is 6.41 Å². The van der Waals surface area contributed by atoms with Crippen LogP contribution in [-0.4, -0.2) is 25.0 Å². The smallest absolute Gasteiger partial charge is 0.211 e. The average Bonchev–Trinajstić information content (AvgIpc) is 2.19. The Hall–Kier alpha value is -1.35. The summed E-state index contributed by atoms with van der Waals surface area (Å²) in [6, 6.07) is 9.92. The SMILES string of the molecule is CNCN(C=O)Cc1ccccc1. The maximum Gasteiger partial charge on any atom is 0.211 e. The molecule has 0 saturated carbocycles. The first kappa shape index (κ1) is 9.74. The van der Waals surface area contributed by atoms with Gasteiger partial charge in [0, 0.05) is 6.54 Å². The van der Waals surface area contributed by atoms with Gasteiger partial charge in [0.15, 0.2) is 0 Å². The molecule has 0 heterocycles. The van der Waals surface area contributed by atoms with Gasteiger partial charge in [-0.25, -0.2) is 0 Å². The molecule has 70 valence electrons. The number of carbonyl (C=O) groups excluding carboxylic acids is 1. The summed E-state index contributed by atoms with van der Waals surface area (Å²) in [5.41, 5.74) is 1.14. The molecule has 0 atom stereocenters. The maximum absolute atomic E-state index is 10.6. The largest absolute Gasteiger partial charge is 0.328 e. The molecule has 0 radical (unpaired) electrons. The standard InChI is InChI=1S/C10H14N2O/c1-11-8-12(9-13)7-10-5-3-2-4-6-10/h2-6,9,11H,7-8H2,1H3. The molecule has 3 heteroatoms. The predicted molar refractivity (Wildman–Crippen MR) is 52.0 cm³/mol. The van der Waals surface area contributed by atoms with Gasteiger partial charge in [0.05, 0.1) is 6.67 Å². The highest BCUT2D eigenvalue weighted by Crippen LogP contribution is 2.01. The quantitative estimate of drug-likeness (QED) is 0.535. The number of carbonyl (C=O) groups is 1. The van der Waals surface area contributed by atoms with Crippen molar-refractivity contribution in [3.63, 3.8) is 0 Å². The van der Waals surface area contributed by atoms with Crippen LogP contribution in [0.2, 0.25) is 0 Å². The summed E-state index contributed by atoms with van der Waals surface area (Å²) < 4.78 is 0. The lowest BCUT2D eigenvalue weighted by Gasteiger charge is -2.16. The second-order valence-electron chi connectivity index (χ2n) is 2.85. The monoisotopic (exact) mass is 178 g/mol. The van der Waals surface area contributed by atoms with Gasteiger partial charge in [0.1, 0.15) is 0 Å². The number of hydrogen-bond donors (Lipinski definition) is 1. The van der Waals surface area contributed by atoms with Crippen molar-refractivity contribution in [2.75, 3.05) is 13.7 Å². The van der Waals surface area contributed by atoms with E-state index in [0.717, 1.165) is 12.0 Å². The molecule has 13 heavy (non-hydrogen) atoms. The van der Waals surface area contributed by atoms with E-state index in [1.54, 1.807) is 4.90 Å². The third kappa shape index (κ3) is 3.25. The summed E-state index contributed by atoms with van der Waals surface area (Å²) in [6.45, 7) is 1.24. The fraction of sp³-hybridized carbons (Fsp3) is 0.300. The molecule has 0 saturated heterocycles. The van der Waals surface area contributed by atoms with Gasteiger partial charge in [-0.3, -0.25) is 4.79 Å². The number of benzene rings is 1. The highest BCUT2D eigenvalue weighted by Gasteiger charge is 1.99. The average molecular weight is 178 g/mol. The number of nitrogens with one attached hydrogen (secondary N) is 1. The zero-order valence-electron chi connectivity index (χ0n) is 7.73. The van der Waals surface area contributed by atoms with Crippen LogP contribution in [-0.2, 0) is 11.3 Å². The molecule has 1 aromatic carbocycles. The second kappa shape index (κ2) is 5.32. The van der Waals surface area contributed by atoms with Gasteiger partial charge in [0.25, 0.3) is 0 Å². The van der Waals surface area contributed by atoms with Crippen LogP contribution in [0.4, 0.5) is 0 Å². The lowest BCUT2D eigenvalue weighted by atomic mass is 10.2. The molecular weight excluding hydrogens is 164 g/mol. The van der Waals surface area contributed by atoms with Gasteiger partial charge in [-0.1, -0.05) is 30.3 Å². The molecule has 0 aliphatic heterocycles. The molecule has 1 N–H and O–H groups in total. The minimum absolute atomic E-state index is 0.582. The Labute approximate surface area is 78.4 Å². The van der Waals surface area contributed by atoms with Gasteiger partial charge in [-0.05, 0) is 12.6 Å². The van der Waals surface area contributed by atoms with Crippen LogP contribution in [0, 0.1) is 0 Å². The molecule has 0 aliphatic rings. The van der Waals surface area contributed by atoms with Gasteiger partial charge in [-0.2, -0.15) is 0 Å². The van der Waals surface area contributed by atoms with E-state index < -0.39 is 0 Å². The van der Waals surface area contributed by atoms with Crippen molar-refractivity contribution in [3.8, 4) is 0 Å². The van der Waals surface area contributed by atoms with E-state index in [1.165, 1.54) is 0 Å². The second-order valence-corrected chi connectivity index (χ2v) is 2.85. The highest BCUT2D eigenvalue weighted by atomic mass is 16.1. The number of amides is 1. The summed E-state index contributed by atoms with van der Waals surface area (Å²) in [7, 11) is 1.82. The maximum atomic E-state index is 10.6. The lowest BCUT2D eigenvalue weighted by Crippen LogP contribution is -2.30. The van der Waals surface area contributed by atoms with Crippen LogP contribution < -0.4 is 5.32 Å². The first-order chi connectivity index (χ1) is 6.36. The van der Waals surface area contributed by atoms with E-state index in [1.807, 2.05) is 37.4 Å². The first-order valence-electron chi connectivity index (χ1n) is 4.24. The Morgan fingerprint density at radius 1 is 1.38 bits per heavy atom. The zero-order chi connectivity index (χ0) is 9.52. The van der Waals surface area contributed by atoms with E-state index in [4.69, 9.17) is 0 Å². The molecule has 3 nitrogen and oxygen atoms in total. The number of rotatable bonds is 5. The van der Waals surface area contributed by atoms with Crippen LogP contribution in [0.3, 0.4) is 0 Å². The summed E-state index contributed by atoms with van der Waals surface area (Å²) in [4.78, 5) is 12.3. The molecule has 1 aromatic rings. The third-order valence-electron chi connectivity index (χ3n) is 1.74. The Kier molecular flexibility index (Phi) is 3.99. The van der Waals surface area contributed by atoms with E-state index in [9.17, 15) is 4.79 Å². The van der Waals surface area contributed by atoms with Crippen LogP contribution in [0.15, 0.2) is 30.3 Å². The first-order valence-corrected chi connectivity index (χ1v) is 4.24. The third-order valence-corrected chi connectivity index (χ3v) is 1.74. The minimum Gasteiger partial charge on any atom is -0.328 e. The predicted octanol–water partition coefficient (Wildman–Crippen LogP) is 0.822. The fourth-order valence-corrected chi connectivity index (χ4v) is 1.15. The molecule has 1 amide bonds. The van der Waals surface area contributed by atoms with Crippen molar-refractivity contribution < 1.29 is 4.79 Å². The molecule has 0 aliphatic carbocycles. The van der Waals surface area contributed by atoms with Crippen LogP contribution in [0.1, 0.15) is 5.56 Å². The van der Waals surface area contributed by atoms with Crippen LogP contribution in [0.5, 0.6) is 0 Å². The van der Waals surface area contributed by atoms with Crippen molar-refractivity contribution >= 4 is 6.41 Å². The minimum atomic E-state index is 0.582. The normalized spacial score (nSPS) is 9.62. The molecule has 0 fully saturated rings. The van der Waals surface area contributed by atoms with E-state index >= 15 is 0 Å². The van der Waals surface area contributed by atoms with Crippen molar-refractivity contribution in [1.29, 1.82) is 0 Å². The molecule has 1 rings (SSSR count). The summed E-state index contributed by atoms with van der Waals surface area (Å²) in [5.74, 6) is 0. The van der Waals surface area contributed by atoms with Crippen molar-refractivity contribution in [2.24, 2.45) is 0 Å². The summed E-state index contributed by atoms with van der Waals surface area (Å²) in [6.07, 6.45) is 0.851. The van der Waals surface area contributed by atoms with E-state index in [0.29, 0.717) is 13.2 Å². The van der Waals surface area contributed by atoms with Gasteiger partial charge in [-0.15, -0.1) is 0 Å². The van der Waals surface area contributed by atoms with E-state index in [2.05, 4.69) is 5.32 Å². The highest BCUT2D eigenvalue weighted by molar-refractivity contribution is 5.47. The fourth-order valence-electron chi connectivity index (χ4n) is 1.15.